The van der Waals surface area contributed by atoms with Gasteiger partial charge in [-0.05, 0) is 84.8 Å². The summed E-state index contributed by atoms with van der Waals surface area (Å²) in [7, 11) is -0.567. The molecule has 2 bridgehead atoms. The number of nitriles is 1. The number of amides is 2. The fraction of sp³-hybridized carbons (Fsp3) is 0.417. The van der Waals surface area contributed by atoms with Crippen LogP contribution in [0.15, 0.2) is 72.9 Å². The van der Waals surface area contributed by atoms with Crippen LogP contribution < -0.4 is 10.6 Å². The van der Waals surface area contributed by atoms with E-state index in [4.69, 9.17) is 9.31 Å². The molecule has 5 atom stereocenters. The number of alkyl halides is 3. The van der Waals surface area contributed by atoms with Gasteiger partial charge in [0.2, 0.25) is 0 Å². The lowest BCUT2D eigenvalue weighted by Gasteiger charge is -2.64. The summed E-state index contributed by atoms with van der Waals surface area (Å²) in [5.74, 6) is 0.645. The van der Waals surface area contributed by atoms with Crippen molar-refractivity contribution < 1.29 is 27.3 Å². The van der Waals surface area contributed by atoms with Gasteiger partial charge in [-0.3, -0.25) is 4.98 Å². The molecular formula is C36H38BF3N4O3. The molecule has 3 saturated carbocycles. The van der Waals surface area contributed by atoms with Crippen LogP contribution >= 0.6 is 0 Å². The Kier molecular flexibility index (Phi) is 8.94. The summed E-state index contributed by atoms with van der Waals surface area (Å²) in [6, 6.07) is 21.2. The number of aromatic nitrogens is 1. The van der Waals surface area contributed by atoms with Crippen LogP contribution in [0.4, 0.5) is 18.0 Å². The normalized spacial score (nSPS) is 25.3. The van der Waals surface area contributed by atoms with Crippen LogP contribution in [0, 0.1) is 28.6 Å². The van der Waals surface area contributed by atoms with E-state index in [-0.39, 0.29) is 34.4 Å². The van der Waals surface area contributed by atoms with Gasteiger partial charge in [-0.15, -0.1) is 0 Å². The van der Waals surface area contributed by atoms with Crippen LogP contribution in [0.2, 0.25) is 0 Å². The fourth-order valence-corrected chi connectivity index (χ4v) is 7.58. The zero-order chi connectivity index (χ0) is 33.4. The highest BCUT2D eigenvalue weighted by Crippen LogP contribution is 2.65. The SMILES string of the molecule is CC1(C)[C@@H]2C[C@H]3OB([C@H](Cc4ccccc4)NC(=O)NCCc4cccc(C=C(C#N)c5ccc(C(F)(F)F)cn5)c4)O[C@@]3(C)[C@H]1C2. The van der Waals surface area contributed by atoms with Crippen LogP contribution in [0.3, 0.4) is 0 Å². The molecule has 1 aromatic heterocycles. The van der Waals surface area contributed by atoms with Gasteiger partial charge in [0, 0.05) is 12.7 Å². The average Bonchev–Trinajstić information content (AvgIpc) is 3.41. The Labute approximate surface area is 273 Å². The van der Waals surface area contributed by atoms with Crippen molar-refractivity contribution in [1.82, 2.24) is 15.6 Å². The standard InChI is InChI=1S/C36H38BF3N4O3/c1-34(2)28-19-30(34)35(3)31(20-28)46-37(47-35)32(18-23-8-5-4-6-9-23)44-33(45)42-15-14-24-10-7-11-25(16-24)17-26(21-41)29-13-12-27(22-43-29)36(38,39)40/h4-13,16-17,22,28,30-32H,14-15,18-20H2,1-3H3,(H2,42,44,45)/t28-,30-,31+,32-,35-/m0/s1. The van der Waals surface area contributed by atoms with Crippen LogP contribution in [-0.2, 0) is 28.3 Å². The summed E-state index contributed by atoms with van der Waals surface area (Å²) < 4.78 is 52.0. The number of halogens is 3. The van der Waals surface area contributed by atoms with Gasteiger partial charge in [0.15, 0.2) is 0 Å². The zero-order valence-corrected chi connectivity index (χ0v) is 26.7. The van der Waals surface area contributed by atoms with Crippen molar-refractivity contribution in [3.63, 3.8) is 0 Å². The molecule has 2 amide bonds. The minimum absolute atomic E-state index is 0.00492. The lowest BCUT2D eigenvalue weighted by Crippen LogP contribution is -2.65. The molecule has 11 heteroatoms. The molecule has 7 rings (SSSR count). The molecule has 0 spiro atoms. The van der Waals surface area contributed by atoms with E-state index < -0.39 is 24.8 Å². The molecule has 1 saturated heterocycles. The molecule has 3 aliphatic carbocycles. The number of nitrogens with zero attached hydrogens (tertiary/aromatic N) is 2. The summed E-state index contributed by atoms with van der Waals surface area (Å²) in [4.78, 5) is 17.0. The molecule has 2 aromatic carbocycles. The van der Waals surface area contributed by atoms with Crippen molar-refractivity contribution in [3.8, 4) is 6.07 Å². The van der Waals surface area contributed by atoms with Gasteiger partial charge in [0.05, 0.1) is 34.5 Å². The van der Waals surface area contributed by atoms with Crippen LogP contribution in [0.5, 0.6) is 0 Å². The number of hydrogen-bond donors (Lipinski definition) is 2. The minimum atomic E-state index is -4.50. The van der Waals surface area contributed by atoms with Gasteiger partial charge in [-0.1, -0.05) is 68.4 Å². The van der Waals surface area contributed by atoms with E-state index >= 15 is 0 Å². The third kappa shape index (κ3) is 6.81. The number of urea groups is 1. The molecule has 244 valence electrons. The molecule has 3 aromatic rings. The van der Waals surface area contributed by atoms with Gasteiger partial charge in [0.25, 0.3) is 0 Å². The first-order chi connectivity index (χ1) is 22.4. The quantitative estimate of drug-likeness (QED) is 0.196. The van der Waals surface area contributed by atoms with Crippen molar-refractivity contribution >= 4 is 24.8 Å². The minimum Gasteiger partial charge on any atom is -0.404 e. The summed E-state index contributed by atoms with van der Waals surface area (Å²) >= 11 is 0. The number of rotatable bonds is 9. The first kappa shape index (κ1) is 32.8. The number of carbonyl (C=O) groups excluding carboxylic acids is 1. The van der Waals surface area contributed by atoms with Crippen molar-refractivity contribution in [2.75, 3.05) is 6.54 Å². The van der Waals surface area contributed by atoms with Gasteiger partial charge in [-0.25, -0.2) is 4.79 Å². The highest BCUT2D eigenvalue weighted by atomic mass is 19.4. The molecule has 0 unspecified atom stereocenters. The Hall–Kier alpha value is -4.14. The molecule has 2 N–H and O–H groups in total. The van der Waals surface area contributed by atoms with Crippen molar-refractivity contribution in [1.29, 1.82) is 5.26 Å². The van der Waals surface area contributed by atoms with E-state index in [9.17, 15) is 23.2 Å². The van der Waals surface area contributed by atoms with E-state index in [1.165, 1.54) is 6.07 Å². The van der Waals surface area contributed by atoms with E-state index in [2.05, 4.69) is 36.4 Å². The second-order valence-electron chi connectivity index (χ2n) is 13.6. The smallest absolute Gasteiger partial charge is 0.404 e. The Balaban J connectivity index is 1.08. The second kappa shape index (κ2) is 12.8. The topological polar surface area (TPSA) is 96.3 Å². The predicted octanol–water partition coefficient (Wildman–Crippen LogP) is 6.89. The molecular weight excluding hydrogens is 604 g/mol. The lowest BCUT2D eigenvalue weighted by molar-refractivity contribution is -0.199. The van der Waals surface area contributed by atoms with Gasteiger partial charge in [-0.2, -0.15) is 18.4 Å². The summed E-state index contributed by atoms with van der Waals surface area (Å²) in [6.07, 6.45) is 0.995. The number of nitrogens with one attached hydrogen (secondary N) is 2. The maximum atomic E-state index is 13.2. The zero-order valence-electron chi connectivity index (χ0n) is 26.7. The van der Waals surface area contributed by atoms with Gasteiger partial charge < -0.3 is 19.9 Å². The Morgan fingerprint density at radius 1 is 1.11 bits per heavy atom. The average molecular weight is 643 g/mol. The maximum Gasteiger partial charge on any atom is 0.482 e. The molecule has 2 heterocycles. The number of benzene rings is 2. The van der Waals surface area contributed by atoms with Crippen LogP contribution in [-0.4, -0.2) is 42.3 Å². The summed E-state index contributed by atoms with van der Waals surface area (Å²) in [5.41, 5.74) is 1.93. The van der Waals surface area contributed by atoms with Gasteiger partial charge >= 0.3 is 19.3 Å². The highest BCUT2D eigenvalue weighted by molar-refractivity contribution is 6.48. The van der Waals surface area contributed by atoms with Gasteiger partial charge in [0.1, 0.15) is 6.07 Å². The molecule has 0 radical (unpaired) electrons. The maximum absolute atomic E-state index is 13.2. The lowest BCUT2D eigenvalue weighted by atomic mass is 9.43. The number of pyridine rings is 1. The summed E-state index contributed by atoms with van der Waals surface area (Å²) in [5, 5.41) is 15.7. The third-order valence-corrected chi connectivity index (χ3v) is 10.4. The molecule has 4 fully saturated rings. The Bertz CT molecular complexity index is 1680. The van der Waals surface area contributed by atoms with E-state index in [1.807, 2.05) is 54.6 Å². The first-order valence-corrected chi connectivity index (χ1v) is 16.0. The fourth-order valence-electron chi connectivity index (χ4n) is 7.58. The van der Waals surface area contributed by atoms with Crippen molar-refractivity contribution in [2.45, 2.75) is 70.3 Å². The summed E-state index contributed by atoms with van der Waals surface area (Å²) in [6.45, 7) is 7.17. The highest BCUT2D eigenvalue weighted by Gasteiger charge is 2.68. The molecule has 7 nitrogen and oxygen atoms in total. The van der Waals surface area contributed by atoms with Crippen molar-refractivity contribution in [3.05, 3.63) is 101 Å². The van der Waals surface area contributed by atoms with Crippen LogP contribution in [0.1, 0.15) is 61.6 Å². The monoisotopic (exact) mass is 642 g/mol. The molecule has 47 heavy (non-hydrogen) atoms. The third-order valence-electron chi connectivity index (χ3n) is 10.4. The molecule has 4 aliphatic rings. The van der Waals surface area contributed by atoms with Crippen LogP contribution in [0.25, 0.3) is 11.6 Å². The van der Waals surface area contributed by atoms with E-state index in [0.29, 0.717) is 36.8 Å². The molecule has 1 aliphatic heterocycles. The number of carbonyl (C=O) groups is 1. The first-order valence-electron chi connectivity index (χ1n) is 16.0. The second-order valence-corrected chi connectivity index (χ2v) is 13.6. The number of allylic oxidation sites excluding steroid dienone is 1. The Morgan fingerprint density at radius 3 is 2.55 bits per heavy atom. The largest absolute Gasteiger partial charge is 0.482 e. The number of hydrogen-bond acceptors (Lipinski definition) is 5. The Morgan fingerprint density at radius 2 is 1.87 bits per heavy atom. The van der Waals surface area contributed by atoms with E-state index in [0.717, 1.165) is 36.2 Å². The predicted molar refractivity (Wildman–Crippen MR) is 173 cm³/mol. The van der Waals surface area contributed by atoms with Crippen molar-refractivity contribution in [2.24, 2.45) is 17.3 Å². The van der Waals surface area contributed by atoms with E-state index in [1.54, 1.807) is 12.1 Å².